The van der Waals surface area contributed by atoms with Crippen LogP contribution in [0.1, 0.15) is 31.2 Å². The number of carboxylic acid groups (broad SMARTS) is 1. The summed E-state index contributed by atoms with van der Waals surface area (Å²) in [5.41, 5.74) is 0.837. The van der Waals surface area contributed by atoms with E-state index in [1.807, 2.05) is 12.2 Å². The monoisotopic (exact) mass is 437 g/mol. The van der Waals surface area contributed by atoms with Gasteiger partial charge in [0.1, 0.15) is 10.3 Å². The van der Waals surface area contributed by atoms with Crippen LogP contribution in [0.5, 0.6) is 0 Å². The third-order valence-corrected chi connectivity index (χ3v) is 6.39. The SMILES string of the molecule is O=C(O)CSCCCC[C@@H]1[C@@H](C=Cc2cc(Cl)nc(Cl)c2)[C@H](O)C[C@H]1Cl. The molecule has 1 aliphatic rings. The van der Waals surface area contributed by atoms with Gasteiger partial charge in [-0.15, -0.1) is 11.6 Å². The number of nitrogens with zero attached hydrogens (tertiary/aromatic N) is 1. The van der Waals surface area contributed by atoms with E-state index in [1.54, 1.807) is 12.1 Å². The van der Waals surface area contributed by atoms with Crippen molar-refractivity contribution in [2.24, 2.45) is 11.8 Å². The lowest BCUT2D eigenvalue weighted by molar-refractivity contribution is -0.133. The van der Waals surface area contributed by atoms with E-state index in [-0.39, 0.29) is 23.0 Å². The van der Waals surface area contributed by atoms with E-state index in [2.05, 4.69) is 4.98 Å². The molecule has 0 amide bonds. The van der Waals surface area contributed by atoms with Crippen LogP contribution in [-0.4, -0.2) is 44.2 Å². The molecule has 1 aliphatic carbocycles. The molecule has 0 aliphatic heterocycles. The topological polar surface area (TPSA) is 70.4 Å². The summed E-state index contributed by atoms with van der Waals surface area (Å²) >= 11 is 19.7. The van der Waals surface area contributed by atoms with Crippen LogP contribution in [0.15, 0.2) is 18.2 Å². The molecule has 8 heteroatoms. The zero-order valence-corrected chi connectivity index (χ0v) is 17.2. The summed E-state index contributed by atoms with van der Waals surface area (Å²) in [6, 6.07) is 3.44. The molecule has 0 saturated heterocycles. The number of aliphatic carboxylic acids is 1. The Hall–Kier alpha value is -0.460. The molecule has 1 aromatic rings. The molecular weight excluding hydrogens is 417 g/mol. The maximum atomic E-state index is 10.5. The fourth-order valence-corrected chi connectivity index (χ4v) is 4.96. The van der Waals surface area contributed by atoms with E-state index < -0.39 is 12.1 Å². The molecule has 1 heterocycles. The highest BCUT2D eigenvalue weighted by molar-refractivity contribution is 7.99. The lowest BCUT2D eigenvalue weighted by Crippen LogP contribution is -2.18. The van der Waals surface area contributed by atoms with Crippen molar-refractivity contribution in [3.8, 4) is 0 Å². The van der Waals surface area contributed by atoms with Crippen LogP contribution >= 0.6 is 46.6 Å². The number of pyridine rings is 1. The van der Waals surface area contributed by atoms with Gasteiger partial charge in [-0.2, -0.15) is 11.8 Å². The molecule has 2 N–H and O–H groups in total. The summed E-state index contributed by atoms with van der Waals surface area (Å²) in [5, 5.41) is 19.6. The molecule has 0 unspecified atom stereocenters. The van der Waals surface area contributed by atoms with Crippen molar-refractivity contribution in [3.05, 3.63) is 34.1 Å². The smallest absolute Gasteiger partial charge is 0.313 e. The fraction of sp³-hybridized carbons (Fsp3) is 0.556. The van der Waals surface area contributed by atoms with Crippen LogP contribution in [0.3, 0.4) is 0 Å². The first-order valence-electron chi connectivity index (χ1n) is 8.50. The number of rotatable bonds is 9. The number of hydrogen-bond donors (Lipinski definition) is 2. The second kappa shape index (κ2) is 10.8. The van der Waals surface area contributed by atoms with Crippen LogP contribution < -0.4 is 0 Å². The van der Waals surface area contributed by atoms with Crippen molar-refractivity contribution in [2.45, 2.75) is 37.2 Å². The molecule has 0 aromatic carbocycles. The average molecular weight is 439 g/mol. The number of hydrogen-bond acceptors (Lipinski definition) is 4. The summed E-state index contributed by atoms with van der Waals surface area (Å²) in [6.45, 7) is 0. The van der Waals surface area contributed by atoms with Gasteiger partial charge >= 0.3 is 5.97 Å². The third kappa shape index (κ3) is 6.93. The van der Waals surface area contributed by atoms with E-state index in [9.17, 15) is 9.90 Å². The van der Waals surface area contributed by atoms with Gasteiger partial charge in [-0.3, -0.25) is 4.79 Å². The Balaban J connectivity index is 1.90. The van der Waals surface area contributed by atoms with Crippen LogP contribution in [-0.2, 0) is 4.79 Å². The number of halogens is 3. The van der Waals surface area contributed by atoms with Crippen molar-refractivity contribution in [1.82, 2.24) is 4.98 Å². The van der Waals surface area contributed by atoms with Gasteiger partial charge in [-0.1, -0.05) is 41.8 Å². The van der Waals surface area contributed by atoms with E-state index in [0.29, 0.717) is 16.7 Å². The maximum absolute atomic E-state index is 10.5. The third-order valence-electron chi connectivity index (χ3n) is 4.47. The Labute approximate surface area is 172 Å². The lowest BCUT2D eigenvalue weighted by atomic mass is 9.89. The minimum Gasteiger partial charge on any atom is -0.481 e. The number of carbonyl (C=O) groups is 1. The summed E-state index contributed by atoms with van der Waals surface area (Å²) in [6.07, 6.45) is 6.81. The lowest BCUT2D eigenvalue weighted by Gasteiger charge is -2.20. The number of unbranched alkanes of at least 4 members (excludes halogenated alkanes) is 1. The van der Waals surface area contributed by atoms with Crippen molar-refractivity contribution >= 4 is 58.6 Å². The molecule has 0 bridgehead atoms. The van der Waals surface area contributed by atoms with E-state index >= 15 is 0 Å². The molecule has 0 radical (unpaired) electrons. The Morgan fingerprint density at radius 3 is 2.65 bits per heavy atom. The molecule has 1 aromatic heterocycles. The van der Waals surface area contributed by atoms with Gasteiger partial charge in [0.25, 0.3) is 0 Å². The second-order valence-corrected chi connectivity index (χ2v) is 8.85. The highest BCUT2D eigenvalue weighted by Crippen LogP contribution is 2.40. The second-order valence-electron chi connectivity index (χ2n) is 6.41. The summed E-state index contributed by atoms with van der Waals surface area (Å²) in [5.74, 6) is 0.359. The predicted molar refractivity (Wildman–Crippen MR) is 109 cm³/mol. The van der Waals surface area contributed by atoms with Gasteiger partial charge < -0.3 is 10.2 Å². The predicted octanol–water partition coefficient (Wildman–Crippen LogP) is 4.99. The first kappa shape index (κ1) is 21.8. The number of thioether (sulfide) groups is 1. The van der Waals surface area contributed by atoms with E-state index in [1.165, 1.54) is 11.8 Å². The number of carboxylic acids is 1. The van der Waals surface area contributed by atoms with Crippen LogP contribution in [0, 0.1) is 11.8 Å². The summed E-state index contributed by atoms with van der Waals surface area (Å²) in [7, 11) is 0. The normalized spacial score (nSPS) is 25.8. The minimum atomic E-state index is -0.781. The molecule has 26 heavy (non-hydrogen) atoms. The quantitative estimate of drug-likeness (QED) is 0.323. The number of alkyl halides is 1. The van der Waals surface area contributed by atoms with Crippen LogP contribution in [0.4, 0.5) is 0 Å². The molecule has 4 atom stereocenters. The maximum Gasteiger partial charge on any atom is 0.313 e. The van der Waals surface area contributed by atoms with Gasteiger partial charge in [-0.25, -0.2) is 4.98 Å². The molecule has 4 nitrogen and oxygen atoms in total. The number of aromatic nitrogens is 1. The van der Waals surface area contributed by atoms with Gasteiger partial charge in [0.15, 0.2) is 0 Å². The summed E-state index contributed by atoms with van der Waals surface area (Å²) in [4.78, 5) is 14.4. The highest BCUT2D eigenvalue weighted by Gasteiger charge is 2.39. The van der Waals surface area contributed by atoms with E-state index in [4.69, 9.17) is 39.9 Å². The van der Waals surface area contributed by atoms with Gasteiger partial charge in [0.05, 0.1) is 11.9 Å². The van der Waals surface area contributed by atoms with Gasteiger partial charge in [-0.05, 0) is 48.6 Å². The number of aliphatic hydroxyl groups is 1. The first-order valence-corrected chi connectivity index (χ1v) is 10.8. The Kier molecular flexibility index (Phi) is 9.04. The molecular formula is C18H22Cl3NO3S. The van der Waals surface area contributed by atoms with Crippen molar-refractivity contribution in [2.75, 3.05) is 11.5 Å². The van der Waals surface area contributed by atoms with Crippen molar-refractivity contribution in [3.63, 3.8) is 0 Å². The van der Waals surface area contributed by atoms with Crippen molar-refractivity contribution in [1.29, 1.82) is 0 Å². The summed E-state index contributed by atoms with van der Waals surface area (Å²) < 4.78 is 0. The largest absolute Gasteiger partial charge is 0.481 e. The van der Waals surface area contributed by atoms with Crippen LogP contribution in [0.25, 0.3) is 6.08 Å². The van der Waals surface area contributed by atoms with Gasteiger partial charge in [0, 0.05) is 11.3 Å². The number of aliphatic hydroxyl groups excluding tert-OH is 1. The van der Waals surface area contributed by atoms with E-state index in [0.717, 1.165) is 30.6 Å². The minimum absolute atomic E-state index is 0.0186. The zero-order valence-electron chi connectivity index (χ0n) is 14.2. The molecule has 1 fully saturated rings. The molecule has 0 spiro atoms. The average Bonchev–Trinajstić information content (AvgIpc) is 2.81. The highest BCUT2D eigenvalue weighted by atomic mass is 35.5. The molecule has 144 valence electrons. The first-order chi connectivity index (χ1) is 12.4. The molecule has 1 saturated carbocycles. The zero-order chi connectivity index (χ0) is 19.1. The Morgan fingerprint density at radius 1 is 1.31 bits per heavy atom. The van der Waals surface area contributed by atoms with Crippen LogP contribution in [0.2, 0.25) is 10.3 Å². The Bertz CT molecular complexity index is 624. The Morgan fingerprint density at radius 2 is 2.00 bits per heavy atom. The fourth-order valence-electron chi connectivity index (χ4n) is 3.28. The molecule has 2 rings (SSSR count). The van der Waals surface area contributed by atoms with Crippen molar-refractivity contribution < 1.29 is 15.0 Å². The standard InChI is InChI=1S/C18H22Cl3NO3S/c19-14-9-15(23)13(5-4-11-7-16(20)22-17(21)8-11)12(14)3-1-2-6-26-10-18(24)25/h4-5,7-8,12-15,23H,1-3,6,9-10H2,(H,24,25)/t12-,13-,14-,15-/m1/s1. The van der Waals surface area contributed by atoms with Gasteiger partial charge in [0.2, 0.25) is 0 Å².